The Kier molecular flexibility index (Phi) is 3.97. The molecule has 0 aromatic carbocycles. The van der Waals surface area contributed by atoms with E-state index in [1.807, 2.05) is 6.20 Å². The Hall–Kier alpha value is -1.13. The first kappa shape index (κ1) is 12.3. The zero-order valence-corrected chi connectivity index (χ0v) is 10.6. The predicted molar refractivity (Wildman–Crippen MR) is 69.4 cm³/mol. The van der Waals surface area contributed by atoms with E-state index in [0.717, 1.165) is 31.7 Å². The largest absolute Gasteiger partial charge is 0.380 e. The van der Waals surface area contributed by atoms with Crippen LogP contribution in [0.25, 0.3) is 0 Å². The highest BCUT2D eigenvalue weighted by Crippen LogP contribution is 2.23. The van der Waals surface area contributed by atoms with Gasteiger partial charge in [0, 0.05) is 26.4 Å². The normalized spacial score (nSPS) is 19.9. The van der Waals surface area contributed by atoms with Gasteiger partial charge in [-0.25, -0.2) is 4.98 Å². The summed E-state index contributed by atoms with van der Waals surface area (Å²) in [7, 11) is 1.78. The third-order valence-electron chi connectivity index (χ3n) is 3.32. The Morgan fingerprint density at radius 2 is 2.41 bits per heavy atom. The van der Waals surface area contributed by atoms with Crippen molar-refractivity contribution in [3.63, 3.8) is 0 Å². The molecule has 1 aromatic rings. The smallest absolute Gasteiger partial charge is 0.131 e. The van der Waals surface area contributed by atoms with Crippen LogP contribution in [-0.2, 0) is 11.2 Å². The van der Waals surface area contributed by atoms with E-state index < -0.39 is 0 Å². The van der Waals surface area contributed by atoms with Crippen molar-refractivity contribution < 1.29 is 4.74 Å². The molecule has 4 nitrogen and oxygen atoms in total. The molecule has 1 aromatic heterocycles. The van der Waals surface area contributed by atoms with Crippen LogP contribution in [0, 0.1) is 6.92 Å². The first-order chi connectivity index (χ1) is 8.24. The molecule has 1 aliphatic rings. The van der Waals surface area contributed by atoms with E-state index >= 15 is 0 Å². The van der Waals surface area contributed by atoms with Crippen LogP contribution in [0.4, 0.5) is 5.82 Å². The summed E-state index contributed by atoms with van der Waals surface area (Å²) in [6.07, 6.45) is 4.27. The van der Waals surface area contributed by atoms with Crippen molar-refractivity contribution in [1.29, 1.82) is 0 Å². The van der Waals surface area contributed by atoms with Crippen LogP contribution in [0.3, 0.4) is 0 Å². The van der Waals surface area contributed by atoms with E-state index in [4.69, 9.17) is 10.5 Å². The van der Waals surface area contributed by atoms with Gasteiger partial charge in [0.25, 0.3) is 0 Å². The van der Waals surface area contributed by atoms with Crippen molar-refractivity contribution in [3.05, 3.63) is 23.4 Å². The third-order valence-corrected chi connectivity index (χ3v) is 3.32. The van der Waals surface area contributed by atoms with Crippen LogP contribution >= 0.6 is 0 Å². The minimum absolute atomic E-state index is 0.347. The van der Waals surface area contributed by atoms with E-state index in [1.165, 1.54) is 11.1 Å². The van der Waals surface area contributed by atoms with Crippen molar-refractivity contribution >= 4 is 5.82 Å². The molecule has 1 aliphatic heterocycles. The topological polar surface area (TPSA) is 51.4 Å². The fourth-order valence-electron chi connectivity index (χ4n) is 2.37. The summed E-state index contributed by atoms with van der Waals surface area (Å²) < 4.78 is 5.38. The minimum atomic E-state index is 0.347. The molecule has 1 unspecified atom stereocenters. The van der Waals surface area contributed by atoms with E-state index in [9.17, 15) is 0 Å². The van der Waals surface area contributed by atoms with Crippen molar-refractivity contribution in [1.82, 2.24) is 4.98 Å². The molecule has 4 heteroatoms. The Bertz CT molecular complexity index is 381. The maximum Gasteiger partial charge on any atom is 0.131 e. The van der Waals surface area contributed by atoms with Crippen LogP contribution in [0.5, 0.6) is 0 Å². The van der Waals surface area contributed by atoms with Crippen LogP contribution in [0.2, 0.25) is 0 Å². The quantitative estimate of drug-likeness (QED) is 0.849. The van der Waals surface area contributed by atoms with Gasteiger partial charge in [0.1, 0.15) is 5.82 Å². The molecular formula is C13H21N3O. The Morgan fingerprint density at radius 3 is 3.00 bits per heavy atom. The molecular weight excluding hydrogens is 214 g/mol. The molecule has 0 aliphatic carbocycles. The van der Waals surface area contributed by atoms with Gasteiger partial charge in [-0.05, 0) is 37.4 Å². The highest BCUT2D eigenvalue weighted by atomic mass is 16.5. The van der Waals surface area contributed by atoms with Gasteiger partial charge < -0.3 is 15.4 Å². The molecule has 0 saturated carbocycles. The second-order valence-corrected chi connectivity index (χ2v) is 4.62. The van der Waals surface area contributed by atoms with Gasteiger partial charge in [-0.15, -0.1) is 0 Å². The lowest BCUT2D eigenvalue weighted by molar-refractivity contribution is 0.121. The molecule has 2 rings (SSSR count). The van der Waals surface area contributed by atoms with Crippen LogP contribution in [0.1, 0.15) is 17.5 Å². The van der Waals surface area contributed by atoms with E-state index in [0.29, 0.717) is 12.6 Å². The molecule has 0 radical (unpaired) electrons. The average Bonchev–Trinajstić information content (AvgIpc) is 2.78. The summed E-state index contributed by atoms with van der Waals surface area (Å²) in [6.45, 7) is 4.77. The molecule has 1 saturated heterocycles. The number of methoxy groups -OCH3 is 1. The number of hydrogen-bond donors (Lipinski definition) is 1. The first-order valence-corrected chi connectivity index (χ1v) is 6.18. The molecule has 94 valence electrons. The van der Waals surface area contributed by atoms with Gasteiger partial charge in [-0.1, -0.05) is 6.07 Å². The monoisotopic (exact) mass is 235 g/mol. The predicted octanol–water partition coefficient (Wildman–Crippen LogP) is 1.12. The van der Waals surface area contributed by atoms with Crippen molar-refractivity contribution in [2.75, 3.05) is 31.6 Å². The van der Waals surface area contributed by atoms with E-state index in [2.05, 4.69) is 22.9 Å². The number of rotatable bonds is 4. The zero-order chi connectivity index (χ0) is 12.3. The lowest BCUT2D eigenvalue weighted by Crippen LogP contribution is -2.24. The SMILES string of the molecule is COC1CCN(c2ncc(CCN)cc2C)C1. The number of ether oxygens (including phenoxy) is 1. The molecule has 0 bridgehead atoms. The summed E-state index contributed by atoms with van der Waals surface area (Å²) >= 11 is 0. The average molecular weight is 235 g/mol. The highest BCUT2D eigenvalue weighted by molar-refractivity contribution is 5.48. The number of hydrogen-bond acceptors (Lipinski definition) is 4. The number of anilines is 1. The third kappa shape index (κ3) is 2.76. The summed E-state index contributed by atoms with van der Waals surface area (Å²) in [5.41, 5.74) is 8.00. The first-order valence-electron chi connectivity index (χ1n) is 6.18. The van der Waals surface area contributed by atoms with Crippen molar-refractivity contribution in [3.8, 4) is 0 Å². The number of nitrogens with zero attached hydrogens (tertiary/aromatic N) is 2. The van der Waals surface area contributed by atoms with Crippen molar-refractivity contribution in [2.24, 2.45) is 5.73 Å². The molecule has 0 spiro atoms. The number of pyridine rings is 1. The van der Waals surface area contributed by atoms with Gasteiger partial charge in [0.05, 0.1) is 6.10 Å². The summed E-state index contributed by atoms with van der Waals surface area (Å²) in [5, 5.41) is 0. The second-order valence-electron chi connectivity index (χ2n) is 4.62. The molecule has 0 amide bonds. The Balaban J connectivity index is 2.11. The molecule has 1 atom stereocenters. The maximum absolute atomic E-state index is 5.55. The lowest BCUT2D eigenvalue weighted by atomic mass is 10.1. The molecule has 1 fully saturated rings. The maximum atomic E-state index is 5.55. The van der Waals surface area contributed by atoms with Crippen LogP contribution < -0.4 is 10.6 Å². The second kappa shape index (κ2) is 5.47. The number of aromatic nitrogens is 1. The van der Waals surface area contributed by atoms with Gasteiger partial charge in [0.2, 0.25) is 0 Å². The zero-order valence-electron chi connectivity index (χ0n) is 10.6. The fourth-order valence-corrected chi connectivity index (χ4v) is 2.37. The lowest BCUT2D eigenvalue weighted by Gasteiger charge is -2.19. The standard InChI is InChI=1S/C13H21N3O/c1-10-7-11(3-5-14)8-15-13(10)16-6-4-12(9-16)17-2/h7-8,12H,3-6,9,14H2,1-2H3. The van der Waals surface area contributed by atoms with Gasteiger partial charge >= 0.3 is 0 Å². The fraction of sp³-hybridized carbons (Fsp3) is 0.615. The molecule has 2 heterocycles. The van der Waals surface area contributed by atoms with E-state index in [-0.39, 0.29) is 0 Å². The van der Waals surface area contributed by atoms with E-state index in [1.54, 1.807) is 7.11 Å². The highest BCUT2D eigenvalue weighted by Gasteiger charge is 2.24. The minimum Gasteiger partial charge on any atom is -0.380 e. The van der Waals surface area contributed by atoms with Gasteiger partial charge in [-0.3, -0.25) is 0 Å². The molecule has 17 heavy (non-hydrogen) atoms. The molecule has 2 N–H and O–H groups in total. The van der Waals surface area contributed by atoms with Gasteiger partial charge in [0.15, 0.2) is 0 Å². The van der Waals surface area contributed by atoms with Crippen molar-refractivity contribution in [2.45, 2.75) is 25.9 Å². The Labute approximate surface area is 103 Å². The van der Waals surface area contributed by atoms with Gasteiger partial charge in [-0.2, -0.15) is 0 Å². The summed E-state index contributed by atoms with van der Waals surface area (Å²) in [4.78, 5) is 6.86. The number of nitrogens with two attached hydrogens (primary N) is 1. The van der Waals surface area contributed by atoms with Crippen LogP contribution in [-0.4, -0.2) is 37.8 Å². The van der Waals surface area contributed by atoms with Crippen LogP contribution in [0.15, 0.2) is 12.3 Å². The number of aryl methyl sites for hydroxylation is 1. The summed E-state index contributed by atoms with van der Waals surface area (Å²) in [5.74, 6) is 1.09. The summed E-state index contributed by atoms with van der Waals surface area (Å²) in [6, 6.07) is 2.19. The Morgan fingerprint density at radius 1 is 1.59 bits per heavy atom.